The molecule has 8 nitrogen and oxygen atoms in total. The number of carbonyl (C=O) groups is 2. The maximum Gasteiger partial charge on any atom is 0.219 e. The summed E-state index contributed by atoms with van der Waals surface area (Å²) in [5, 5.41) is 0. The highest BCUT2D eigenvalue weighted by molar-refractivity contribution is 7.90. The number of nitrogens with zero attached hydrogens (tertiary/aromatic N) is 1. The Bertz CT molecular complexity index is 1080. The molecule has 1 saturated carbocycles. The van der Waals surface area contributed by atoms with Gasteiger partial charge in [-0.3, -0.25) is 19.9 Å². The Hall–Kier alpha value is -3.04. The lowest BCUT2D eigenvalue weighted by molar-refractivity contribution is -0.136. The van der Waals surface area contributed by atoms with Crippen LogP contribution in [0.2, 0.25) is 0 Å². The molecule has 1 aromatic heterocycles. The molecule has 0 spiro atoms. The summed E-state index contributed by atoms with van der Waals surface area (Å²) >= 11 is 0. The second-order valence-electron chi connectivity index (χ2n) is 7.56. The molecule has 1 heterocycles. The third-order valence-corrected chi connectivity index (χ3v) is 6.24. The summed E-state index contributed by atoms with van der Waals surface area (Å²) in [6, 6.07) is 10.1. The number of hydroxylamine groups is 1. The van der Waals surface area contributed by atoms with Gasteiger partial charge in [-0.15, -0.1) is 0 Å². The Morgan fingerprint density at radius 2 is 1.91 bits per heavy atom. The van der Waals surface area contributed by atoms with Gasteiger partial charge < -0.3 is 4.74 Å². The van der Waals surface area contributed by atoms with E-state index in [0.717, 1.165) is 11.8 Å². The molecular weight excluding hydrogens is 432 g/mol. The smallest absolute Gasteiger partial charge is 0.219 e. The molecular formula is C23H26N2O6S. The van der Waals surface area contributed by atoms with E-state index in [0.29, 0.717) is 18.8 Å². The second-order valence-corrected chi connectivity index (χ2v) is 9.57. The van der Waals surface area contributed by atoms with E-state index in [1.54, 1.807) is 30.5 Å². The zero-order valence-corrected chi connectivity index (χ0v) is 18.8. The highest BCUT2D eigenvalue weighted by atomic mass is 32.2. The van der Waals surface area contributed by atoms with Gasteiger partial charge in [0.15, 0.2) is 9.84 Å². The molecule has 170 valence electrons. The minimum atomic E-state index is -3.33. The molecule has 9 heteroatoms. The van der Waals surface area contributed by atoms with E-state index < -0.39 is 15.8 Å². The molecule has 1 aliphatic rings. The van der Waals surface area contributed by atoms with E-state index in [9.17, 15) is 18.0 Å². The molecule has 2 aromatic rings. The predicted molar refractivity (Wildman–Crippen MR) is 118 cm³/mol. The van der Waals surface area contributed by atoms with Crippen molar-refractivity contribution in [2.24, 2.45) is 5.92 Å². The molecule has 1 fully saturated rings. The number of benzene rings is 1. The Morgan fingerprint density at radius 3 is 2.53 bits per heavy atom. The van der Waals surface area contributed by atoms with E-state index in [1.165, 1.54) is 18.3 Å². The van der Waals surface area contributed by atoms with Crippen molar-refractivity contribution in [3.05, 3.63) is 60.4 Å². The molecule has 0 aliphatic heterocycles. The minimum absolute atomic E-state index is 0.0725. The van der Waals surface area contributed by atoms with Crippen LogP contribution in [-0.4, -0.2) is 37.8 Å². The first-order chi connectivity index (χ1) is 15.3. The summed E-state index contributed by atoms with van der Waals surface area (Å²) in [7, 11) is -3.33. The number of carbonyl (C=O) groups excluding carboxylic acids is 2. The summed E-state index contributed by atoms with van der Waals surface area (Å²) in [6.07, 6.45) is 6.59. The van der Waals surface area contributed by atoms with Gasteiger partial charge in [0.25, 0.3) is 0 Å². The number of Topliss-reactive ketones (excluding diaryl/α,β-unsaturated/α-hetero) is 2. The van der Waals surface area contributed by atoms with Crippen LogP contribution >= 0.6 is 0 Å². The SMILES string of the molecule is CCONC=CCC1C(=O)CC(c2cccc(Oc3ccc(S(C)(=O)=O)cn3)c2)CC1=O. The van der Waals surface area contributed by atoms with E-state index in [1.807, 2.05) is 13.0 Å². The van der Waals surface area contributed by atoms with Crippen LogP contribution in [0.4, 0.5) is 0 Å². The van der Waals surface area contributed by atoms with Gasteiger partial charge >= 0.3 is 0 Å². The van der Waals surface area contributed by atoms with E-state index >= 15 is 0 Å². The zero-order chi connectivity index (χ0) is 23.1. The summed E-state index contributed by atoms with van der Waals surface area (Å²) in [4.78, 5) is 34.3. The lowest BCUT2D eigenvalue weighted by Crippen LogP contribution is -2.32. The number of rotatable bonds is 9. The second kappa shape index (κ2) is 10.5. The van der Waals surface area contributed by atoms with Crippen LogP contribution in [0.1, 0.15) is 37.7 Å². The van der Waals surface area contributed by atoms with Crippen LogP contribution in [-0.2, 0) is 24.3 Å². The first-order valence-corrected chi connectivity index (χ1v) is 12.2. The molecule has 0 amide bonds. The minimum Gasteiger partial charge on any atom is -0.439 e. The number of sulfone groups is 1. The number of hydrogen-bond acceptors (Lipinski definition) is 8. The van der Waals surface area contributed by atoms with Crippen molar-refractivity contribution < 1.29 is 27.6 Å². The average molecular weight is 459 g/mol. The van der Waals surface area contributed by atoms with Crippen LogP contribution < -0.4 is 10.2 Å². The number of allylic oxidation sites excluding steroid dienone is 1. The monoisotopic (exact) mass is 458 g/mol. The largest absolute Gasteiger partial charge is 0.439 e. The first kappa shape index (κ1) is 23.6. The quantitative estimate of drug-likeness (QED) is 0.346. The van der Waals surface area contributed by atoms with E-state index in [-0.39, 0.29) is 41.1 Å². The molecule has 0 unspecified atom stereocenters. The highest BCUT2D eigenvalue weighted by Gasteiger charge is 2.35. The fraction of sp³-hybridized carbons (Fsp3) is 0.348. The topological polar surface area (TPSA) is 112 Å². The molecule has 1 aromatic carbocycles. The fourth-order valence-electron chi connectivity index (χ4n) is 3.50. The molecule has 1 N–H and O–H groups in total. The van der Waals surface area contributed by atoms with Crippen molar-refractivity contribution in [3.8, 4) is 11.6 Å². The number of ketones is 2. The molecule has 0 atom stereocenters. The van der Waals surface area contributed by atoms with Gasteiger partial charge in [-0.1, -0.05) is 18.2 Å². The Morgan fingerprint density at radius 1 is 1.16 bits per heavy atom. The van der Waals surface area contributed by atoms with Gasteiger partial charge in [-0.05, 0) is 43.0 Å². The van der Waals surface area contributed by atoms with Crippen molar-refractivity contribution in [2.75, 3.05) is 12.9 Å². The van der Waals surface area contributed by atoms with Crippen molar-refractivity contribution >= 4 is 21.4 Å². The number of nitrogens with one attached hydrogen (secondary N) is 1. The van der Waals surface area contributed by atoms with E-state index in [4.69, 9.17) is 9.57 Å². The van der Waals surface area contributed by atoms with Crippen molar-refractivity contribution in [3.63, 3.8) is 0 Å². The third kappa shape index (κ3) is 6.24. The number of pyridine rings is 1. The molecule has 0 radical (unpaired) electrons. The van der Waals surface area contributed by atoms with Crippen LogP contribution in [0.15, 0.2) is 59.8 Å². The van der Waals surface area contributed by atoms with Crippen LogP contribution in [0.5, 0.6) is 11.6 Å². The van der Waals surface area contributed by atoms with E-state index in [2.05, 4.69) is 10.5 Å². The Balaban J connectivity index is 1.65. The Kier molecular flexibility index (Phi) is 7.76. The molecule has 0 bridgehead atoms. The zero-order valence-electron chi connectivity index (χ0n) is 18.0. The lowest BCUT2D eigenvalue weighted by atomic mass is 9.76. The Labute approximate surface area is 187 Å². The van der Waals surface area contributed by atoms with Gasteiger partial charge in [-0.25, -0.2) is 13.4 Å². The van der Waals surface area contributed by atoms with Gasteiger partial charge in [-0.2, -0.15) is 0 Å². The standard InChI is InChI=1S/C23H26N2O6S/c1-3-30-25-11-5-8-20-21(26)13-17(14-22(20)27)16-6-4-7-18(12-16)31-23-10-9-19(15-24-23)32(2,28)29/h4-7,9-12,15,17,20,25H,3,8,13-14H2,1-2H3. The van der Waals surface area contributed by atoms with Gasteiger partial charge in [0, 0.05) is 37.6 Å². The number of hydrogen-bond donors (Lipinski definition) is 1. The summed E-state index contributed by atoms with van der Waals surface area (Å²) < 4.78 is 28.8. The van der Waals surface area contributed by atoms with Crippen molar-refractivity contribution in [1.82, 2.24) is 10.5 Å². The van der Waals surface area contributed by atoms with Crippen molar-refractivity contribution in [2.45, 2.75) is 37.0 Å². The summed E-state index contributed by atoms with van der Waals surface area (Å²) in [5.74, 6) is -0.232. The van der Waals surface area contributed by atoms with Gasteiger partial charge in [0.2, 0.25) is 5.88 Å². The lowest BCUT2D eigenvalue weighted by Gasteiger charge is -2.26. The maximum absolute atomic E-state index is 12.6. The summed E-state index contributed by atoms with van der Waals surface area (Å²) in [6.45, 7) is 2.36. The van der Waals surface area contributed by atoms with Gasteiger partial charge in [0.05, 0.1) is 17.4 Å². The molecule has 3 rings (SSSR count). The number of aromatic nitrogens is 1. The fourth-order valence-corrected chi connectivity index (χ4v) is 4.06. The van der Waals surface area contributed by atoms with Crippen LogP contribution in [0.25, 0.3) is 0 Å². The molecule has 0 saturated heterocycles. The normalized spacial score (nSPS) is 19.3. The maximum atomic E-state index is 12.6. The van der Waals surface area contributed by atoms with Crippen molar-refractivity contribution in [1.29, 1.82) is 0 Å². The summed E-state index contributed by atoms with van der Waals surface area (Å²) in [5.41, 5.74) is 3.46. The predicted octanol–water partition coefficient (Wildman–Crippen LogP) is 3.35. The molecule has 32 heavy (non-hydrogen) atoms. The molecule has 1 aliphatic carbocycles. The van der Waals surface area contributed by atoms with Gasteiger partial charge in [0.1, 0.15) is 17.3 Å². The van der Waals surface area contributed by atoms with Crippen LogP contribution in [0, 0.1) is 5.92 Å². The average Bonchev–Trinajstić information content (AvgIpc) is 2.75. The van der Waals surface area contributed by atoms with Crippen LogP contribution in [0.3, 0.4) is 0 Å². The first-order valence-electron chi connectivity index (χ1n) is 10.3. The highest BCUT2D eigenvalue weighted by Crippen LogP contribution is 2.35. The number of ether oxygens (including phenoxy) is 1. The third-order valence-electron chi connectivity index (χ3n) is 5.15.